The molecule has 1 atom stereocenters. The molecule has 1 heterocycles. The molecule has 33 heavy (non-hydrogen) atoms. The molecule has 1 aliphatic rings. The van der Waals surface area contributed by atoms with E-state index < -0.39 is 21.8 Å². The summed E-state index contributed by atoms with van der Waals surface area (Å²) in [5.41, 5.74) is 0.929. The van der Waals surface area contributed by atoms with E-state index in [1.54, 1.807) is 7.11 Å². The largest absolute Gasteiger partial charge is 0.497 e. The first-order valence-electron chi connectivity index (χ1n) is 10.7. The highest BCUT2D eigenvalue weighted by Crippen LogP contribution is 2.24. The SMILES string of the molecule is COc1ccc(CNC(=O)CCNC(=O)[C@@H]2CCCN(S(=O)(=O)c3ccc(F)cc3)C2)cc1. The van der Waals surface area contributed by atoms with Crippen LogP contribution in [0.15, 0.2) is 53.4 Å². The number of piperidine rings is 1. The molecule has 2 N–H and O–H groups in total. The van der Waals surface area contributed by atoms with Crippen molar-refractivity contribution in [1.82, 2.24) is 14.9 Å². The van der Waals surface area contributed by atoms with E-state index in [9.17, 15) is 22.4 Å². The molecule has 2 aromatic rings. The second-order valence-corrected chi connectivity index (χ2v) is 9.76. The number of ether oxygens (including phenoxy) is 1. The van der Waals surface area contributed by atoms with Gasteiger partial charge in [-0.25, -0.2) is 12.8 Å². The molecule has 178 valence electrons. The molecular formula is C23H28FN3O5S. The summed E-state index contributed by atoms with van der Waals surface area (Å²) in [5.74, 6) is -0.763. The Hall–Kier alpha value is -2.98. The van der Waals surface area contributed by atoms with Gasteiger partial charge >= 0.3 is 0 Å². The summed E-state index contributed by atoms with van der Waals surface area (Å²) in [6.45, 7) is 0.885. The van der Waals surface area contributed by atoms with E-state index in [1.165, 1.54) is 16.4 Å². The van der Waals surface area contributed by atoms with Gasteiger partial charge in [-0.1, -0.05) is 12.1 Å². The summed E-state index contributed by atoms with van der Waals surface area (Å²) >= 11 is 0. The van der Waals surface area contributed by atoms with Crippen molar-refractivity contribution in [2.75, 3.05) is 26.7 Å². The van der Waals surface area contributed by atoms with E-state index in [1.807, 2.05) is 24.3 Å². The maximum Gasteiger partial charge on any atom is 0.243 e. The summed E-state index contributed by atoms with van der Waals surface area (Å²) in [7, 11) is -2.22. The van der Waals surface area contributed by atoms with Crippen molar-refractivity contribution in [3.63, 3.8) is 0 Å². The Labute approximate surface area is 193 Å². The Kier molecular flexibility index (Phi) is 8.40. The molecule has 0 saturated carbocycles. The van der Waals surface area contributed by atoms with Gasteiger partial charge in [0.05, 0.1) is 17.9 Å². The van der Waals surface area contributed by atoms with Crippen molar-refractivity contribution >= 4 is 21.8 Å². The van der Waals surface area contributed by atoms with Crippen LogP contribution in [0.4, 0.5) is 4.39 Å². The van der Waals surface area contributed by atoms with Gasteiger partial charge in [0.25, 0.3) is 0 Å². The average Bonchev–Trinajstić information content (AvgIpc) is 2.83. The Morgan fingerprint density at radius 1 is 1.09 bits per heavy atom. The van der Waals surface area contributed by atoms with Gasteiger partial charge in [0.15, 0.2) is 0 Å². The number of rotatable bonds is 9. The quantitative estimate of drug-likeness (QED) is 0.575. The minimum absolute atomic E-state index is 0.00140. The van der Waals surface area contributed by atoms with Crippen LogP contribution >= 0.6 is 0 Å². The van der Waals surface area contributed by atoms with Crippen molar-refractivity contribution in [2.45, 2.75) is 30.7 Å². The van der Waals surface area contributed by atoms with E-state index in [-0.39, 0.29) is 36.2 Å². The van der Waals surface area contributed by atoms with E-state index in [4.69, 9.17) is 4.74 Å². The van der Waals surface area contributed by atoms with Gasteiger partial charge < -0.3 is 15.4 Å². The summed E-state index contributed by atoms with van der Waals surface area (Å²) in [6.07, 6.45) is 1.22. The number of carbonyl (C=O) groups excluding carboxylic acids is 2. The fourth-order valence-corrected chi connectivity index (χ4v) is 5.13. The van der Waals surface area contributed by atoms with Crippen LogP contribution in [-0.2, 0) is 26.2 Å². The third kappa shape index (κ3) is 6.75. The van der Waals surface area contributed by atoms with Crippen LogP contribution in [0.3, 0.4) is 0 Å². The normalized spacial score (nSPS) is 16.7. The third-order valence-corrected chi connectivity index (χ3v) is 7.39. The fourth-order valence-electron chi connectivity index (χ4n) is 3.61. The molecule has 2 aromatic carbocycles. The van der Waals surface area contributed by atoms with Crippen LogP contribution in [0.25, 0.3) is 0 Å². The van der Waals surface area contributed by atoms with Crippen molar-refractivity contribution < 1.29 is 27.1 Å². The molecule has 0 unspecified atom stereocenters. The van der Waals surface area contributed by atoms with Crippen molar-refractivity contribution in [3.05, 3.63) is 59.9 Å². The lowest BCUT2D eigenvalue weighted by molar-refractivity contribution is -0.126. The van der Waals surface area contributed by atoms with Crippen molar-refractivity contribution in [1.29, 1.82) is 0 Å². The minimum Gasteiger partial charge on any atom is -0.497 e. The number of hydrogen-bond donors (Lipinski definition) is 2. The van der Waals surface area contributed by atoms with Crippen LogP contribution in [0.2, 0.25) is 0 Å². The molecule has 2 amide bonds. The minimum atomic E-state index is -3.80. The molecule has 10 heteroatoms. The summed E-state index contributed by atoms with van der Waals surface area (Å²) in [4.78, 5) is 24.6. The van der Waals surface area contributed by atoms with E-state index in [0.717, 1.165) is 23.4 Å². The van der Waals surface area contributed by atoms with Gasteiger partial charge in [-0.05, 0) is 54.8 Å². The monoisotopic (exact) mass is 477 g/mol. The lowest BCUT2D eigenvalue weighted by Crippen LogP contribution is -2.45. The molecule has 0 spiro atoms. The lowest BCUT2D eigenvalue weighted by atomic mass is 9.99. The number of nitrogens with zero attached hydrogens (tertiary/aromatic N) is 1. The van der Waals surface area contributed by atoms with Crippen LogP contribution in [0.5, 0.6) is 5.75 Å². The Morgan fingerprint density at radius 3 is 2.45 bits per heavy atom. The van der Waals surface area contributed by atoms with E-state index in [0.29, 0.717) is 25.9 Å². The molecule has 1 saturated heterocycles. The van der Waals surface area contributed by atoms with Crippen LogP contribution < -0.4 is 15.4 Å². The highest BCUT2D eigenvalue weighted by atomic mass is 32.2. The van der Waals surface area contributed by atoms with Crippen LogP contribution in [-0.4, -0.2) is 51.3 Å². The number of nitrogens with one attached hydrogen (secondary N) is 2. The molecule has 3 rings (SSSR count). The predicted octanol–water partition coefficient (Wildman–Crippen LogP) is 2.06. The predicted molar refractivity (Wildman–Crippen MR) is 120 cm³/mol. The number of methoxy groups -OCH3 is 1. The van der Waals surface area contributed by atoms with Crippen molar-refractivity contribution in [3.8, 4) is 5.75 Å². The number of benzene rings is 2. The zero-order chi connectivity index (χ0) is 23.8. The van der Waals surface area contributed by atoms with Gasteiger partial charge in [-0.2, -0.15) is 4.31 Å². The second-order valence-electron chi connectivity index (χ2n) is 7.82. The summed E-state index contributed by atoms with van der Waals surface area (Å²) in [6, 6.07) is 12.0. The van der Waals surface area contributed by atoms with E-state index >= 15 is 0 Å². The number of hydrogen-bond acceptors (Lipinski definition) is 5. The number of sulfonamides is 1. The van der Waals surface area contributed by atoms with Crippen molar-refractivity contribution in [2.24, 2.45) is 5.92 Å². The third-order valence-electron chi connectivity index (χ3n) is 5.51. The zero-order valence-corrected chi connectivity index (χ0v) is 19.2. The molecule has 0 aromatic heterocycles. The molecule has 1 aliphatic heterocycles. The average molecular weight is 478 g/mol. The Morgan fingerprint density at radius 2 is 1.79 bits per heavy atom. The molecule has 8 nitrogen and oxygen atoms in total. The maximum absolute atomic E-state index is 13.1. The topological polar surface area (TPSA) is 105 Å². The highest BCUT2D eigenvalue weighted by Gasteiger charge is 2.33. The Balaban J connectivity index is 1.44. The second kappa shape index (κ2) is 11.2. The summed E-state index contributed by atoms with van der Waals surface area (Å²) in [5, 5.41) is 5.52. The van der Waals surface area contributed by atoms with E-state index in [2.05, 4.69) is 10.6 Å². The smallest absolute Gasteiger partial charge is 0.243 e. The Bertz CT molecular complexity index is 1060. The standard InChI is InChI=1S/C23H28FN3O5S/c1-32-20-8-4-17(5-9-20)15-26-22(28)12-13-25-23(29)18-3-2-14-27(16-18)33(30,31)21-10-6-19(24)7-11-21/h4-11,18H,2-3,12-16H2,1H3,(H,25,29)(H,26,28)/t18-/m1/s1. The summed E-state index contributed by atoms with van der Waals surface area (Å²) < 4.78 is 45.1. The first-order valence-corrected chi connectivity index (χ1v) is 12.2. The number of amides is 2. The molecule has 0 aliphatic carbocycles. The molecule has 0 radical (unpaired) electrons. The van der Waals surface area contributed by atoms with Gasteiger partial charge in [0.2, 0.25) is 21.8 Å². The van der Waals surface area contributed by atoms with Gasteiger partial charge in [0, 0.05) is 32.6 Å². The lowest BCUT2D eigenvalue weighted by Gasteiger charge is -2.31. The van der Waals surface area contributed by atoms with Gasteiger partial charge in [0.1, 0.15) is 11.6 Å². The van der Waals surface area contributed by atoms with Gasteiger partial charge in [-0.15, -0.1) is 0 Å². The van der Waals surface area contributed by atoms with Gasteiger partial charge in [-0.3, -0.25) is 9.59 Å². The first kappa shape index (κ1) is 24.7. The molecule has 1 fully saturated rings. The molecule has 0 bridgehead atoms. The first-order chi connectivity index (χ1) is 15.8. The fraction of sp³-hybridized carbons (Fsp3) is 0.391. The zero-order valence-electron chi connectivity index (χ0n) is 18.4. The number of carbonyl (C=O) groups is 2. The highest BCUT2D eigenvalue weighted by molar-refractivity contribution is 7.89. The maximum atomic E-state index is 13.1. The number of halogens is 1. The van der Waals surface area contributed by atoms with Crippen LogP contribution in [0.1, 0.15) is 24.8 Å². The van der Waals surface area contributed by atoms with Crippen LogP contribution in [0, 0.1) is 11.7 Å². The molecular weight excluding hydrogens is 449 g/mol.